The molecule has 104 valence electrons. The van der Waals surface area contributed by atoms with E-state index in [2.05, 4.69) is 55.7 Å². The van der Waals surface area contributed by atoms with Crippen LogP contribution in [0.2, 0.25) is 0 Å². The lowest BCUT2D eigenvalue weighted by Crippen LogP contribution is -2.44. The van der Waals surface area contributed by atoms with Crippen LogP contribution in [0.15, 0.2) is 41.0 Å². The number of aryl methyl sites for hydroxylation is 1. The molecule has 3 rings (SSSR count). The quantitative estimate of drug-likeness (QED) is 0.769. The lowest BCUT2D eigenvalue weighted by molar-refractivity contribution is 0.0731. The van der Waals surface area contributed by atoms with Crippen molar-refractivity contribution in [1.29, 1.82) is 0 Å². The molecule has 0 N–H and O–H groups in total. The Hall–Kier alpha value is -1.55. The highest BCUT2D eigenvalue weighted by Crippen LogP contribution is 2.34. The Morgan fingerprint density at radius 1 is 1.33 bits per heavy atom. The van der Waals surface area contributed by atoms with Crippen molar-refractivity contribution in [3.8, 4) is 0 Å². The second-order valence-electron chi connectivity index (χ2n) is 5.92. The van der Waals surface area contributed by atoms with Gasteiger partial charge in [-0.05, 0) is 42.3 Å². The Balaban J connectivity index is 1.99. The van der Waals surface area contributed by atoms with Crippen LogP contribution in [0.3, 0.4) is 0 Å². The van der Waals surface area contributed by atoms with Crippen molar-refractivity contribution in [3.63, 3.8) is 0 Å². The number of benzene rings is 1. The maximum atomic E-state index is 12.7. The van der Waals surface area contributed by atoms with E-state index in [-0.39, 0.29) is 11.2 Å². The van der Waals surface area contributed by atoms with Crippen LogP contribution in [0.5, 0.6) is 0 Å². The van der Waals surface area contributed by atoms with Gasteiger partial charge in [0.1, 0.15) is 15.7 Å². The van der Waals surface area contributed by atoms with Crippen LogP contribution < -0.4 is 0 Å². The summed E-state index contributed by atoms with van der Waals surface area (Å²) in [6, 6.07) is 9.84. The first kappa shape index (κ1) is 14.4. The minimum atomic E-state index is -0.382. The maximum absolute atomic E-state index is 12.7. The SMILES string of the molecule is BC1(B)c2ncccc2C(=O)N1Cc1ccc(Br)cc1C. The van der Waals surface area contributed by atoms with Crippen LogP contribution in [-0.2, 0) is 11.9 Å². The summed E-state index contributed by atoms with van der Waals surface area (Å²) in [6.45, 7) is 2.67. The van der Waals surface area contributed by atoms with Gasteiger partial charge in [-0.25, -0.2) is 0 Å². The van der Waals surface area contributed by atoms with Crippen molar-refractivity contribution >= 4 is 37.5 Å². The van der Waals surface area contributed by atoms with Gasteiger partial charge in [-0.1, -0.05) is 22.0 Å². The fourth-order valence-electron chi connectivity index (χ4n) is 2.87. The summed E-state index contributed by atoms with van der Waals surface area (Å²) in [4.78, 5) is 19.0. The van der Waals surface area contributed by atoms with Crippen LogP contribution in [0.25, 0.3) is 0 Å². The van der Waals surface area contributed by atoms with E-state index < -0.39 is 0 Å². The zero-order chi connectivity index (χ0) is 15.2. The zero-order valence-electron chi connectivity index (χ0n) is 12.4. The van der Waals surface area contributed by atoms with Crippen molar-refractivity contribution in [2.75, 3.05) is 0 Å². The summed E-state index contributed by atoms with van der Waals surface area (Å²) in [5.41, 5.74) is 3.92. The summed E-state index contributed by atoms with van der Waals surface area (Å²) in [7, 11) is 4.11. The van der Waals surface area contributed by atoms with E-state index in [9.17, 15) is 4.79 Å². The smallest absolute Gasteiger partial charge is 0.255 e. The van der Waals surface area contributed by atoms with E-state index >= 15 is 0 Å². The summed E-state index contributed by atoms with van der Waals surface area (Å²) < 4.78 is 1.06. The van der Waals surface area contributed by atoms with E-state index in [1.807, 2.05) is 23.1 Å². The summed E-state index contributed by atoms with van der Waals surface area (Å²) in [5, 5.41) is -0.382. The van der Waals surface area contributed by atoms with Crippen molar-refractivity contribution in [2.45, 2.75) is 18.8 Å². The molecule has 0 saturated carbocycles. The van der Waals surface area contributed by atoms with Gasteiger partial charge >= 0.3 is 0 Å². The van der Waals surface area contributed by atoms with Gasteiger partial charge in [0, 0.05) is 22.6 Å². The van der Waals surface area contributed by atoms with Crippen molar-refractivity contribution in [3.05, 3.63) is 63.4 Å². The summed E-state index contributed by atoms with van der Waals surface area (Å²) in [5.74, 6) is 0.0606. The molecule has 0 aliphatic carbocycles. The highest BCUT2D eigenvalue weighted by atomic mass is 79.9. The molecule has 21 heavy (non-hydrogen) atoms. The van der Waals surface area contributed by atoms with Crippen LogP contribution in [0, 0.1) is 6.92 Å². The van der Waals surface area contributed by atoms with E-state index in [0.717, 1.165) is 21.3 Å². The molecule has 0 bridgehead atoms. The number of rotatable bonds is 2. The number of amides is 1. The van der Waals surface area contributed by atoms with Gasteiger partial charge in [0.05, 0.1) is 11.3 Å². The number of carbonyl (C=O) groups excluding carboxylic acids is 1. The molecule has 0 atom stereocenters. The molecule has 2 aromatic rings. The summed E-state index contributed by atoms with van der Waals surface area (Å²) >= 11 is 3.48. The molecule has 0 spiro atoms. The molecule has 1 amide bonds. The predicted molar refractivity (Wildman–Crippen MR) is 91.8 cm³/mol. The monoisotopic (exact) mass is 340 g/mol. The average molecular weight is 341 g/mol. The van der Waals surface area contributed by atoms with Gasteiger partial charge in [-0.15, -0.1) is 0 Å². The Morgan fingerprint density at radius 2 is 2.10 bits per heavy atom. The van der Waals surface area contributed by atoms with Crippen LogP contribution in [-0.4, -0.2) is 31.5 Å². The van der Waals surface area contributed by atoms with E-state index in [0.29, 0.717) is 6.54 Å². The molecule has 0 radical (unpaired) electrons. The molecule has 3 nitrogen and oxygen atoms in total. The largest absolute Gasteiger partial charge is 0.339 e. The van der Waals surface area contributed by atoms with Crippen LogP contribution in [0.4, 0.5) is 0 Å². The molecule has 0 saturated heterocycles. The fourth-order valence-corrected chi connectivity index (χ4v) is 3.34. The molecular formula is C15H15B2BrN2O. The molecule has 0 fully saturated rings. The number of carbonyl (C=O) groups is 1. The zero-order valence-corrected chi connectivity index (χ0v) is 13.9. The van der Waals surface area contributed by atoms with Crippen molar-refractivity contribution < 1.29 is 4.79 Å². The molecule has 0 unspecified atom stereocenters. The lowest BCUT2D eigenvalue weighted by atomic mass is 9.59. The topological polar surface area (TPSA) is 33.2 Å². The lowest BCUT2D eigenvalue weighted by Gasteiger charge is -2.32. The first-order valence-corrected chi connectivity index (χ1v) is 7.73. The Kier molecular flexibility index (Phi) is 3.44. The number of hydrogen-bond acceptors (Lipinski definition) is 2. The third kappa shape index (κ3) is 2.31. The highest BCUT2D eigenvalue weighted by Gasteiger charge is 2.43. The number of nitrogens with zero attached hydrogens (tertiary/aromatic N) is 2. The van der Waals surface area contributed by atoms with E-state index in [4.69, 9.17) is 0 Å². The maximum Gasteiger partial charge on any atom is 0.255 e. The van der Waals surface area contributed by atoms with Crippen LogP contribution >= 0.6 is 15.9 Å². The number of aromatic nitrogens is 1. The predicted octanol–water partition coefficient (Wildman–Crippen LogP) is 1.19. The molecule has 6 heteroatoms. The minimum Gasteiger partial charge on any atom is -0.339 e. The normalized spacial score (nSPS) is 16.1. The Labute approximate surface area is 134 Å². The number of hydrogen-bond donors (Lipinski definition) is 0. The molecule has 2 heterocycles. The van der Waals surface area contributed by atoms with Gasteiger partial charge in [0.2, 0.25) is 0 Å². The fraction of sp³-hybridized carbons (Fsp3) is 0.200. The highest BCUT2D eigenvalue weighted by molar-refractivity contribution is 9.10. The first-order valence-electron chi connectivity index (χ1n) is 6.94. The second-order valence-corrected chi connectivity index (χ2v) is 6.84. The van der Waals surface area contributed by atoms with Gasteiger partial charge in [0.25, 0.3) is 5.91 Å². The van der Waals surface area contributed by atoms with Gasteiger partial charge in [-0.3, -0.25) is 9.78 Å². The van der Waals surface area contributed by atoms with E-state index in [1.54, 1.807) is 6.20 Å². The third-order valence-corrected chi connectivity index (χ3v) is 4.66. The van der Waals surface area contributed by atoms with E-state index in [1.165, 1.54) is 5.56 Å². The van der Waals surface area contributed by atoms with Crippen molar-refractivity contribution in [2.24, 2.45) is 0 Å². The Bertz CT molecular complexity index is 733. The molecule has 1 aromatic heterocycles. The molecule has 1 aliphatic heterocycles. The Morgan fingerprint density at radius 3 is 2.76 bits per heavy atom. The number of pyridine rings is 1. The third-order valence-electron chi connectivity index (χ3n) is 4.17. The second kappa shape index (κ2) is 5.02. The number of fused-ring (bicyclic) bond motifs is 1. The molecule has 1 aliphatic rings. The molecule has 1 aromatic carbocycles. The van der Waals surface area contributed by atoms with Gasteiger partial charge in [0.15, 0.2) is 0 Å². The molecular weight excluding hydrogens is 326 g/mol. The standard InChI is InChI=1S/C15H15B2BrN2O/c1-9-7-11(18)5-4-10(9)8-20-14(21)12-3-2-6-19-13(12)15(20,16)17/h2-7H,8,16-17H2,1H3. The first-order chi connectivity index (χ1) is 9.91. The average Bonchev–Trinajstić information content (AvgIpc) is 2.63. The van der Waals surface area contributed by atoms with Crippen molar-refractivity contribution in [1.82, 2.24) is 9.88 Å². The summed E-state index contributed by atoms with van der Waals surface area (Å²) in [6.07, 6.45) is 1.75. The number of halogens is 1. The van der Waals surface area contributed by atoms with Crippen LogP contribution in [0.1, 0.15) is 27.2 Å². The van der Waals surface area contributed by atoms with Gasteiger partial charge in [-0.2, -0.15) is 0 Å². The minimum absolute atomic E-state index is 0.0606. The van der Waals surface area contributed by atoms with Gasteiger partial charge < -0.3 is 4.90 Å².